The number of nitrogens with zero attached hydrogens (tertiary/aromatic N) is 1. The zero-order valence-electron chi connectivity index (χ0n) is 13.1. The molecule has 0 aliphatic carbocycles. The van der Waals surface area contributed by atoms with Gasteiger partial charge in [0.05, 0.1) is 11.5 Å². The number of carbonyl (C=O) groups excluding carboxylic acids is 1. The normalized spacial score (nSPS) is 23.5. The van der Waals surface area contributed by atoms with Crippen LogP contribution in [0, 0.1) is 17.0 Å². The summed E-state index contributed by atoms with van der Waals surface area (Å²) in [6.07, 6.45) is 2.13. The molecule has 2 fully saturated rings. The highest BCUT2D eigenvalue weighted by molar-refractivity contribution is 5.87. The Hall–Kier alpha value is -2.02. The number of benzene rings is 1. The molecule has 0 bridgehead atoms. The molecule has 2 saturated heterocycles. The Morgan fingerprint density at radius 3 is 2.42 bits per heavy atom. The fourth-order valence-corrected chi connectivity index (χ4v) is 3.79. The molecule has 0 aromatic heterocycles. The van der Waals surface area contributed by atoms with Crippen molar-refractivity contribution in [3.8, 4) is 0 Å². The van der Waals surface area contributed by atoms with E-state index in [0.717, 1.165) is 18.2 Å². The van der Waals surface area contributed by atoms with E-state index in [1.54, 1.807) is 0 Å². The summed E-state index contributed by atoms with van der Waals surface area (Å²) in [4.78, 5) is 25.5. The number of carbonyl (C=O) groups is 2. The van der Waals surface area contributed by atoms with E-state index in [0.29, 0.717) is 44.5 Å². The van der Waals surface area contributed by atoms with Crippen LogP contribution in [-0.4, -0.2) is 41.6 Å². The molecule has 1 N–H and O–H groups in total. The lowest BCUT2D eigenvalue weighted by Gasteiger charge is -2.47. The van der Waals surface area contributed by atoms with E-state index in [1.807, 2.05) is 0 Å². The molecule has 0 radical (unpaired) electrons. The number of likely N-dealkylation sites (tertiary alicyclic amines) is 1. The van der Waals surface area contributed by atoms with Gasteiger partial charge in [0.15, 0.2) is 0 Å². The van der Waals surface area contributed by atoms with Crippen LogP contribution in [0.4, 0.5) is 8.78 Å². The Kier molecular flexibility index (Phi) is 4.54. The van der Waals surface area contributed by atoms with Gasteiger partial charge in [-0.1, -0.05) is 0 Å². The smallest absolute Gasteiger partial charge is 0.323 e. The monoisotopic (exact) mass is 339 g/mol. The summed E-state index contributed by atoms with van der Waals surface area (Å²) in [6, 6.07) is 2.46. The van der Waals surface area contributed by atoms with Gasteiger partial charge in [-0.15, -0.1) is 0 Å². The Labute approximate surface area is 138 Å². The number of carboxylic acid groups (broad SMARTS) is 1. The zero-order chi connectivity index (χ0) is 17.3. The largest absolute Gasteiger partial charge is 0.480 e. The Balaban J connectivity index is 1.94. The molecule has 2 heterocycles. The van der Waals surface area contributed by atoms with E-state index in [9.17, 15) is 23.5 Å². The highest BCUT2D eigenvalue weighted by atomic mass is 19.1. The number of hydrogen-bond donors (Lipinski definition) is 1. The van der Waals surface area contributed by atoms with Gasteiger partial charge < -0.3 is 14.7 Å². The molecule has 5 nitrogen and oxygen atoms in total. The molecule has 2 aliphatic heterocycles. The summed E-state index contributed by atoms with van der Waals surface area (Å²) < 4.78 is 32.4. The molecule has 3 rings (SSSR count). The lowest BCUT2D eigenvalue weighted by molar-refractivity contribution is -0.162. The summed E-state index contributed by atoms with van der Waals surface area (Å²) >= 11 is 0. The van der Waals surface area contributed by atoms with Gasteiger partial charge in [-0.2, -0.15) is 0 Å². The van der Waals surface area contributed by atoms with E-state index >= 15 is 0 Å². The molecule has 1 amide bonds. The standard InChI is InChI=1S/C17H19F2NO4/c18-12-7-11(8-13(19)9-12)14-1-2-17(3-5-24-6-4-17)16(23)20(14)10-15(21)22/h7-9,14H,1-6,10H2,(H,21,22)/t14-/m0/s1. The van der Waals surface area contributed by atoms with Crippen LogP contribution in [0.1, 0.15) is 37.3 Å². The molecule has 1 spiro atoms. The van der Waals surface area contributed by atoms with Crippen LogP contribution in [0.2, 0.25) is 0 Å². The number of aliphatic carboxylic acids is 1. The fourth-order valence-electron chi connectivity index (χ4n) is 3.79. The van der Waals surface area contributed by atoms with Crippen molar-refractivity contribution in [1.82, 2.24) is 4.90 Å². The average molecular weight is 339 g/mol. The molecular formula is C17H19F2NO4. The second kappa shape index (κ2) is 6.47. The zero-order valence-corrected chi connectivity index (χ0v) is 13.1. The highest BCUT2D eigenvalue weighted by Gasteiger charge is 2.48. The number of amides is 1. The molecule has 0 saturated carbocycles. The van der Waals surface area contributed by atoms with Crippen molar-refractivity contribution in [2.45, 2.75) is 31.7 Å². The number of piperidine rings is 1. The minimum atomic E-state index is -1.14. The lowest BCUT2D eigenvalue weighted by atomic mass is 9.70. The van der Waals surface area contributed by atoms with Gasteiger partial charge in [-0.3, -0.25) is 9.59 Å². The van der Waals surface area contributed by atoms with Crippen LogP contribution in [0.5, 0.6) is 0 Å². The second-order valence-corrected chi connectivity index (χ2v) is 6.48. The predicted molar refractivity (Wildman–Crippen MR) is 80.2 cm³/mol. The van der Waals surface area contributed by atoms with Gasteiger partial charge >= 0.3 is 5.97 Å². The third-order valence-electron chi connectivity index (χ3n) is 5.01. The molecular weight excluding hydrogens is 320 g/mol. The number of hydrogen-bond acceptors (Lipinski definition) is 3. The van der Waals surface area contributed by atoms with Crippen LogP contribution < -0.4 is 0 Å². The maximum atomic E-state index is 13.5. The Bertz CT molecular complexity index is 638. The molecule has 130 valence electrons. The lowest BCUT2D eigenvalue weighted by Crippen LogP contribution is -2.53. The van der Waals surface area contributed by atoms with Crippen LogP contribution in [0.25, 0.3) is 0 Å². The van der Waals surface area contributed by atoms with Crippen LogP contribution in [0.15, 0.2) is 18.2 Å². The third-order valence-corrected chi connectivity index (χ3v) is 5.01. The van der Waals surface area contributed by atoms with Crippen molar-refractivity contribution in [3.63, 3.8) is 0 Å². The second-order valence-electron chi connectivity index (χ2n) is 6.48. The quantitative estimate of drug-likeness (QED) is 0.919. The van der Waals surface area contributed by atoms with Crippen molar-refractivity contribution in [2.75, 3.05) is 19.8 Å². The number of halogens is 2. The Morgan fingerprint density at radius 1 is 1.21 bits per heavy atom. The van der Waals surface area contributed by atoms with E-state index < -0.39 is 35.6 Å². The van der Waals surface area contributed by atoms with Crippen LogP contribution in [0.3, 0.4) is 0 Å². The summed E-state index contributed by atoms with van der Waals surface area (Å²) in [5, 5.41) is 9.18. The minimum Gasteiger partial charge on any atom is -0.480 e. The first-order chi connectivity index (χ1) is 11.4. The van der Waals surface area contributed by atoms with E-state index in [1.165, 1.54) is 4.90 Å². The average Bonchev–Trinajstić information content (AvgIpc) is 2.52. The molecule has 1 aromatic rings. The number of carboxylic acids is 1. The molecule has 1 aromatic carbocycles. The molecule has 1 atom stereocenters. The summed E-state index contributed by atoms with van der Waals surface area (Å²) in [6.45, 7) is 0.446. The van der Waals surface area contributed by atoms with Crippen molar-refractivity contribution < 1.29 is 28.2 Å². The van der Waals surface area contributed by atoms with Crippen molar-refractivity contribution >= 4 is 11.9 Å². The van der Waals surface area contributed by atoms with Gasteiger partial charge in [0.1, 0.15) is 18.2 Å². The topological polar surface area (TPSA) is 66.8 Å². The van der Waals surface area contributed by atoms with Crippen molar-refractivity contribution in [1.29, 1.82) is 0 Å². The molecule has 7 heteroatoms. The van der Waals surface area contributed by atoms with Gasteiger partial charge in [0.25, 0.3) is 0 Å². The van der Waals surface area contributed by atoms with Crippen molar-refractivity contribution in [3.05, 3.63) is 35.4 Å². The fraction of sp³-hybridized carbons (Fsp3) is 0.529. The first-order valence-corrected chi connectivity index (χ1v) is 7.98. The maximum Gasteiger partial charge on any atom is 0.323 e. The number of ether oxygens (including phenoxy) is 1. The van der Waals surface area contributed by atoms with E-state index in [2.05, 4.69) is 0 Å². The predicted octanol–water partition coefficient (Wildman–Crippen LogP) is 2.51. The summed E-state index contributed by atoms with van der Waals surface area (Å²) in [7, 11) is 0. The first kappa shape index (κ1) is 16.8. The van der Waals surface area contributed by atoms with Crippen LogP contribution in [-0.2, 0) is 14.3 Å². The third kappa shape index (κ3) is 3.13. The highest BCUT2D eigenvalue weighted by Crippen LogP contribution is 2.46. The van der Waals surface area contributed by atoms with Crippen LogP contribution >= 0.6 is 0 Å². The van der Waals surface area contributed by atoms with E-state index in [-0.39, 0.29) is 5.91 Å². The SMILES string of the molecule is O=C(O)CN1C(=O)C2(CCOCC2)CC[C@H]1c1cc(F)cc(F)c1. The molecule has 24 heavy (non-hydrogen) atoms. The summed E-state index contributed by atoms with van der Waals surface area (Å²) in [5.41, 5.74) is -0.320. The molecule has 0 unspecified atom stereocenters. The van der Waals surface area contributed by atoms with Gasteiger partial charge in [-0.25, -0.2) is 8.78 Å². The van der Waals surface area contributed by atoms with Gasteiger partial charge in [0, 0.05) is 19.3 Å². The van der Waals surface area contributed by atoms with Gasteiger partial charge in [0.2, 0.25) is 5.91 Å². The van der Waals surface area contributed by atoms with E-state index in [4.69, 9.17) is 4.74 Å². The maximum absolute atomic E-state index is 13.5. The first-order valence-electron chi connectivity index (χ1n) is 7.98. The summed E-state index contributed by atoms with van der Waals surface area (Å²) in [5.74, 6) is -2.87. The minimum absolute atomic E-state index is 0.255. The number of rotatable bonds is 3. The Morgan fingerprint density at radius 2 is 1.83 bits per heavy atom. The van der Waals surface area contributed by atoms with Crippen molar-refractivity contribution in [2.24, 2.45) is 5.41 Å². The van der Waals surface area contributed by atoms with Gasteiger partial charge in [-0.05, 0) is 43.4 Å². The molecule has 2 aliphatic rings.